The van der Waals surface area contributed by atoms with E-state index < -0.39 is 0 Å². The van der Waals surface area contributed by atoms with Gasteiger partial charge in [0.1, 0.15) is 0 Å². The Morgan fingerprint density at radius 2 is 2.21 bits per heavy atom. The van der Waals surface area contributed by atoms with Crippen LogP contribution in [0, 0.1) is 5.92 Å². The minimum atomic E-state index is -0.0378. The molecular weight excluding hydrogens is 242 g/mol. The summed E-state index contributed by atoms with van der Waals surface area (Å²) in [6, 6.07) is 0.263. The third kappa shape index (κ3) is 6.25. The highest BCUT2D eigenvalue weighted by Gasteiger charge is 2.26. The van der Waals surface area contributed by atoms with Gasteiger partial charge in [0, 0.05) is 45.4 Å². The molecule has 2 N–H and O–H groups in total. The molecule has 0 aromatic heterocycles. The first-order chi connectivity index (χ1) is 9.17. The lowest BCUT2D eigenvalue weighted by atomic mass is 9.94. The maximum absolute atomic E-state index is 11.5. The summed E-state index contributed by atoms with van der Waals surface area (Å²) in [5.74, 6) is 0.503. The smallest absolute Gasteiger partial charge is 0.315 e. The number of carbonyl (C=O) groups is 1. The molecule has 0 spiro atoms. The fourth-order valence-corrected chi connectivity index (χ4v) is 2.56. The van der Waals surface area contributed by atoms with Crippen LogP contribution >= 0.6 is 0 Å². The molecule has 0 unspecified atom stereocenters. The number of nitrogens with one attached hydrogen (secondary N) is 2. The van der Waals surface area contributed by atoms with E-state index in [1.807, 2.05) is 13.8 Å². The van der Waals surface area contributed by atoms with E-state index in [0.717, 1.165) is 45.7 Å². The first kappa shape index (κ1) is 16.2. The molecule has 0 radical (unpaired) electrons. The van der Waals surface area contributed by atoms with E-state index in [4.69, 9.17) is 4.74 Å². The fourth-order valence-electron chi connectivity index (χ4n) is 2.56. The van der Waals surface area contributed by atoms with Crippen LogP contribution in [0.15, 0.2) is 0 Å². The topological polar surface area (TPSA) is 53.6 Å². The van der Waals surface area contributed by atoms with Gasteiger partial charge in [-0.15, -0.1) is 0 Å². The van der Waals surface area contributed by atoms with Crippen molar-refractivity contribution in [1.29, 1.82) is 0 Å². The molecule has 1 heterocycles. The minimum Gasteiger partial charge on any atom is -0.382 e. The largest absolute Gasteiger partial charge is 0.382 e. The summed E-state index contributed by atoms with van der Waals surface area (Å²) >= 11 is 0. The quantitative estimate of drug-likeness (QED) is 0.689. The van der Waals surface area contributed by atoms with E-state index >= 15 is 0 Å². The van der Waals surface area contributed by atoms with Crippen molar-refractivity contribution in [2.75, 3.05) is 39.4 Å². The molecule has 2 amide bonds. The average molecular weight is 271 g/mol. The van der Waals surface area contributed by atoms with Gasteiger partial charge in [0.15, 0.2) is 0 Å². The van der Waals surface area contributed by atoms with Gasteiger partial charge in [-0.05, 0) is 32.6 Å². The van der Waals surface area contributed by atoms with E-state index in [-0.39, 0.29) is 6.03 Å². The highest BCUT2D eigenvalue weighted by Crippen LogP contribution is 2.16. The van der Waals surface area contributed by atoms with Crippen LogP contribution in [-0.2, 0) is 4.74 Å². The van der Waals surface area contributed by atoms with Gasteiger partial charge >= 0.3 is 6.03 Å². The molecule has 1 rings (SSSR count). The molecule has 1 aliphatic rings. The second kappa shape index (κ2) is 9.15. The number of rotatable bonds is 7. The van der Waals surface area contributed by atoms with Gasteiger partial charge in [-0.25, -0.2) is 4.79 Å². The Morgan fingerprint density at radius 3 is 2.84 bits per heavy atom. The Labute approximate surface area is 117 Å². The van der Waals surface area contributed by atoms with Gasteiger partial charge in [0.05, 0.1) is 0 Å². The van der Waals surface area contributed by atoms with Crippen molar-refractivity contribution < 1.29 is 9.53 Å². The maximum Gasteiger partial charge on any atom is 0.315 e. The molecule has 5 heteroatoms. The number of nitrogens with zero attached hydrogens (tertiary/aromatic N) is 1. The lowest BCUT2D eigenvalue weighted by molar-refractivity contribution is 0.110. The van der Waals surface area contributed by atoms with Gasteiger partial charge in [0.2, 0.25) is 0 Å². The van der Waals surface area contributed by atoms with Crippen molar-refractivity contribution in [2.24, 2.45) is 5.92 Å². The summed E-state index contributed by atoms with van der Waals surface area (Å²) in [5.41, 5.74) is 0. The molecule has 19 heavy (non-hydrogen) atoms. The van der Waals surface area contributed by atoms with Crippen molar-refractivity contribution in [3.8, 4) is 0 Å². The van der Waals surface area contributed by atoms with Crippen LogP contribution in [0.3, 0.4) is 0 Å². The first-order valence-corrected chi connectivity index (χ1v) is 7.51. The lowest BCUT2D eigenvalue weighted by Gasteiger charge is -2.37. The zero-order valence-electron chi connectivity index (χ0n) is 12.6. The molecule has 2 atom stereocenters. The summed E-state index contributed by atoms with van der Waals surface area (Å²) in [4.78, 5) is 14.0. The van der Waals surface area contributed by atoms with E-state index in [2.05, 4.69) is 22.5 Å². The first-order valence-electron chi connectivity index (χ1n) is 7.51. The number of hydrogen-bond acceptors (Lipinski definition) is 3. The number of likely N-dealkylation sites (tertiary alicyclic amines) is 1. The van der Waals surface area contributed by atoms with Crippen LogP contribution in [0.2, 0.25) is 0 Å². The molecule has 0 aromatic carbocycles. The number of carbonyl (C=O) groups excluding carboxylic acids is 1. The summed E-state index contributed by atoms with van der Waals surface area (Å²) in [7, 11) is 0. The van der Waals surface area contributed by atoms with Crippen LogP contribution in [0.5, 0.6) is 0 Å². The Balaban J connectivity index is 2.21. The highest BCUT2D eigenvalue weighted by atomic mass is 16.5. The monoisotopic (exact) mass is 271 g/mol. The van der Waals surface area contributed by atoms with Crippen molar-refractivity contribution >= 4 is 6.03 Å². The van der Waals surface area contributed by atoms with E-state index in [9.17, 15) is 4.79 Å². The summed E-state index contributed by atoms with van der Waals surface area (Å²) in [6.45, 7) is 11.7. The zero-order valence-corrected chi connectivity index (χ0v) is 12.6. The Bertz CT molecular complexity index is 261. The van der Waals surface area contributed by atoms with Crippen LogP contribution in [0.25, 0.3) is 0 Å². The van der Waals surface area contributed by atoms with Gasteiger partial charge in [0.25, 0.3) is 0 Å². The minimum absolute atomic E-state index is 0.0378. The molecule has 5 nitrogen and oxygen atoms in total. The third-order valence-corrected chi connectivity index (χ3v) is 3.61. The van der Waals surface area contributed by atoms with Crippen molar-refractivity contribution in [3.05, 3.63) is 0 Å². The Morgan fingerprint density at radius 1 is 1.42 bits per heavy atom. The standard InChI is InChI=1S/C14H29N3O2/c1-4-15-14(18)16-13-7-9-17(11-12(13)3)8-6-10-19-5-2/h12-13H,4-11H2,1-3H3,(H2,15,16,18)/t12-,13-/m1/s1. The SMILES string of the molecule is CCNC(=O)N[C@@H]1CCN(CCCOCC)C[C@H]1C. The van der Waals surface area contributed by atoms with Crippen LogP contribution in [0.1, 0.15) is 33.6 Å². The molecule has 1 aliphatic heterocycles. The summed E-state index contributed by atoms with van der Waals surface area (Å²) < 4.78 is 5.36. The molecule has 1 fully saturated rings. The number of piperidine rings is 1. The maximum atomic E-state index is 11.5. The second-order valence-electron chi connectivity index (χ2n) is 5.23. The van der Waals surface area contributed by atoms with Crippen LogP contribution in [0.4, 0.5) is 4.79 Å². The summed E-state index contributed by atoms with van der Waals surface area (Å²) in [5, 5.41) is 5.86. The van der Waals surface area contributed by atoms with Gasteiger partial charge < -0.3 is 20.3 Å². The lowest BCUT2D eigenvalue weighted by Crippen LogP contribution is -2.52. The fraction of sp³-hybridized carbons (Fsp3) is 0.929. The van der Waals surface area contributed by atoms with Crippen LogP contribution in [-0.4, -0.2) is 56.4 Å². The number of hydrogen-bond donors (Lipinski definition) is 2. The number of amides is 2. The predicted molar refractivity (Wildman–Crippen MR) is 77.3 cm³/mol. The molecule has 1 saturated heterocycles. The number of ether oxygens (including phenoxy) is 1. The molecule has 0 aliphatic carbocycles. The molecule has 112 valence electrons. The van der Waals surface area contributed by atoms with Gasteiger partial charge in [-0.2, -0.15) is 0 Å². The van der Waals surface area contributed by atoms with E-state index in [1.165, 1.54) is 0 Å². The van der Waals surface area contributed by atoms with E-state index in [1.54, 1.807) is 0 Å². The van der Waals surface area contributed by atoms with E-state index in [0.29, 0.717) is 18.5 Å². The molecule has 0 aromatic rings. The second-order valence-corrected chi connectivity index (χ2v) is 5.23. The Hall–Kier alpha value is -0.810. The summed E-state index contributed by atoms with van der Waals surface area (Å²) in [6.07, 6.45) is 2.13. The highest BCUT2D eigenvalue weighted by molar-refractivity contribution is 5.74. The van der Waals surface area contributed by atoms with Gasteiger partial charge in [-0.1, -0.05) is 6.92 Å². The average Bonchev–Trinajstić information content (AvgIpc) is 2.38. The number of urea groups is 1. The molecular formula is C14H29N3O2. The zero-order chi connectivity index (χ0) is 14.1. The third-order valence-electron chi connectivity index (χ3n) is 3.61. The van der Waals surface area contributed by atoms with Crippen molar-refractivity contribution in [3.63, 3.8) is 0 Å². The van der Waals surface area contributed by atoms with Crippen molar-refractivity contribution in [1.82, 2.24) is 15.5 Å². The Kier molecular flexibility index (Phi) is 7.82. The predicted octanol–water partition coefficient (Wildman–Crippen LogP) is 1.44. The van der Waals surface area contributed by atoms with Crippen molar-refractivity contribution in [2.45, 2.75) is 39.7 Å². The normalized spacial score (nSPS) is 24.2. The molecule has 0 saturated carbocycles. The van der Waals surface area contributed by atoms with Gasteiger partial charge in [-0.3, -0.25) is 0 Å². The molecule has 0 bridgehead atoms. The van der Waals surface area contributed by atoms with Crippen LogP contribution < -0.4 is 10.6 Å².